The predicted molar refractivity (Wildman–Crippen MR) is 86.0 cm³/mol. The van der Waals surface area contributed by atoms with Crippen molar-refractivity contribution >= 4 is 18.3 Å². The maximum absolute atomic E-state index is 12.9. The van der Waals surface area contributed by atoms with Gasteiger partial charge in [0.05, 0.1) is 11.0 Å². The molecule has 132 valence electrons. The van der Waals surface area contributed by atoms with Gasteiger partial charge >= 0.3 is 6.18 Å². The minimum atomic E-state index is -4.37. The van der Waals surface area contributed by atoms with Gasteiger partial charge in [0.2, 0.25) is 5.91 Å². The zero-order valence-corrected chi connectivity index (χ0v) is 13.9. The number of alkyl halides is 3. The number of halogens is 4. The Hall–Kier alpha value is -1.27. The molecule has 2 heterocycles. The third kappa shape index (κ3) is 2.80. The van der Waals surface area contributed by atoms with E-state index in [0.29, 0.717) is 30.2 Å². The zero-order chi connectivity index (χ0) is 16.2. The van der Waals surface area contributed by atoms with E-state index in [0.717, 1.165) is 38.3 Å². The first-order valence-corrected chi connectivity index (χ1v) is 8.08. The number of carbonyl (C=O) groups is 1. The van der Waals surface area contributed by atoms with Crippen LogP contribution in [0.1, 0.15) is 24.0 Å². The van der Waals surface area contributed by atoms with Crippen molar-refractivity contribution in [3.05, 3.63) is 35.4 Å². The quantitative estimate of drug-likeness (QED) is 0.879. The average molecular weight is 361 g/mol. The number of nitrogens with one attached hydrogen (secondary N) is 1. The van der Waals surface area contributed by atoms with Gasteiger partial charge in [-0.1, -0.05) is 18.2 Å². The number of likely N-dealkylation sites (tertiary alicyclic amines) is 1. The second-order valence-corrected chi connectivity index (χ2v) is 7.05. The zero-order valence-electron chi connectivity index (χ0n) is 13.1. The molecule has 4 rings (SSSR count). The molecule has 3 fully saturated rings. The normalized spacial score (nSPS) is 27.5. The number of benzene rings is 1. The van der Waals surface area contributed by atoms with Crippen LogP contribution in [0.5, 0.6) is 0 Å². The molecule has 0 aromatic heterocycles. The molecule has 7 heteroatoms. The first-order valence-electron chi connectivity index (χ1n) is 8.08. The molecule has 1 aromatic carbocycles. The lowest BCUT2D eigenvalue weighted by atomic mass is 9.92. The number of carbonyl (C=O) groups excluding carboxylic acids is 1. The van der Waals surface area contributed by atoms with Crippen molar-refractivity contribution < 1.29 is 18.0 Å². The fourth-order valence-electron chi connectivity index (χ4n) is 4.07. The van der Waals surface area contributed by atoms with Gasteiger partial charge in [-0.05, 0) is 36.3 Å². The summed E-state index contributed by atoms with van der Waals surface area (Å²) >= 11 is 0. The Labute approximate surface area is 145 Å². The van der Waals surface area contributed by atoms with Crippen LogP contribution in [0.3, 0.4) is 0 Å². The standard InChI is InChI=1S/C17H19F3N2O.ClH/c18-17(19,20)14-3-1-2-13(6-14)16(4-5-16)15(23)22-9-11-7-21-8-12(11)10-22;/h1-3,6,11-12,21H,4-5,7-10H2;1H/t11-,12+;. The van der Waals surface area contributed by atoms with Crippen molar-refractivity contribution in [3.63, 3.8) is 0 Å². The average Bonchev–Trinajstić information content (AvgIpc) is 3.04. The van der Waals surface area contributed by atoms with Crippen molar-refractivity contribution in [2.75, 3.05) is 26.2 Å². The highest BCUT2D eigenvalue weighted by Crippen LogP contribution is 2.51. The first-order chi connectivity index (χ1) is 10.9. The molecule has 2 aliphatic heterocycles. The fourth-order valence-corrected chi connectivity index (χ4v) is 4.07. The first kappa shape index (κ1) is 17.5. The van der Waals surface area contributed by atoms with Crippen LogP contribution in [0, 0.1) is 11.8 Å². The molecule has 24 heavy (non-hydrogen) atoms. The highest BCUT2D eigenvalue weighted by molar-refractivity contribution is 5.91. The number of rotatable bonds is 2. The van der Waals surface area contributed by atoms with Crippen LogP contribution in [0.4, 0.5) is 13.2 Å². The fraction of sp³-hybridized carbons (Fsp3) is 0.588. The van der Waals surface area contributed by atoms with Crippen LogP contribution in [0.2, 0.25) is 0 Å². The largest absolute Gasteiger partial charge is 0.416 e. The maximum Gasteiger partial charge on any atom is 0.416 e. The van der Waals surface area contributed by atoms with Gasteiger partial charge in [0.15, 0.2) is 0 Å². The second-order valence-electron chi connectivity index (χ2n) is 7.05. The van der Waals surface area contributed by atoms with E-state index in [9.17, 15) is 18.0 Å². The molecule has 1 N–H and O–H groups in total. The van der Waals surface area contributed by atoms with Crippen LogP contribution in [0.25, 0.3) is 0 Å². The molecule has 0 bridgehead atoms. The van der Waals surface area contributed by atoms with Gasteiger partial charge in [-0.25, -0.2) is 0 Å². The molecule has 3 nitrogen and oxygen atoms in total. The molecule has 2 atom stereocenters. The Kier molecular flexibility index (Phi) is 4.33. The molecular formula is C17H20ClF3N2O. The number of hydrogen-bond donors (Lipinski definition) is 1. The topological polar surface area (TPSA) is 32.3 Å². The van der Waals surface area contributed by atoms with Gasteiger partial charge in [-0.2, -0.15) is 13.2 Å². The summed E-state index contributed by atoms with van der Waals surface area (Å²) in [4.78, 5) is 14.8. The van der Waals surface area contributed by atoms with E-state index < -0.39 is 17.2 Å². The Morgan fingerprint density at radius 3 is 2.33 bits per heavy atom. The molecule has 0 unspecified atom stereocenters. The van der Waals surface area contributed by atoms with Crippen LogP contribution in [-0.2, 0) is 16.4 Å². The lowest BCUT2D eigenvalue weighted by Gasteiger charge is -2.25. The van der Waals surface area contributed by atoms with Gasteiger partial charge in [0, 0.05) is 26.2 Å². The Morgan fingerprint density at radius 2 is 1.79 bits per heavy atom. The van der Waals surface area contributed by atoms with Crippen molar-refractivity contribution in [3.8, 4) is 0 Å². The van der Waals surface area contributed by atoms with E-state index in [1.54, 1.807) is 6.07 Å². The Balaban J connectivity index is 0.00000169. The minimum absolute atomic E-state index is 0. The smallest absolute Gasteiger partial charge is 0.341 e. The number of fused-ring (bicyclic) bond motifs is 1. The van der Waals surface area contributed by atoms with Crippen molar-refractivity contribution in [2.45, 2.75) is 24.4 Å². The van der Waals surface area contributed by atoms with Gasteiger partial charge in [0.1, 0.15) is 0 Å². The highest BCUT2D eigenvalue weighted by atomic mass is 35.5. The van der Waals surface area contributed by atoms with Crippen molar-refractivity contribution in [2.24, 2.45) is 11.8 Å². The van der Waals surface area contributed by atoms with E-state index in [1.807, 2.05) is 4.90 Å². The molecule has 1 amide bonds. The van der Waals surface area contributed by atoms with Gasteiger partial charge in [0.25, 0.3) is 0 Å². The molecule has 1 aliphatic carbocycles. The summed E-state index contributed by atoms with van der Waals surface area (Å²) in [5, 5.41) is 3.33. The predicted octanol–water partition coefficient (Wildman–Crippen LogP) is 2.84. The summed E-state index contributed by atoms with van der Waals surface area (Å²) in [5.41, 5.74) is -0.864. The van der Waals surface area contributed by atoms with E-state index in [1.165, 1.54) is 6.07 Å². The van der Waals surface area contributed by atoms with E-state index in [4.69, 9.17) is 0 Å². The van der Waals surface area contributed by atoms with Crippen LogP contribution < -0.4 is 5.32 Å². The highest BCUT2D eigenvalue weighted by Gasteiger charge is 2.55. The third-order valence-corrected chi connectivity index (χ3v) is 5.58. The van der Waals surface area contributed by atoms with Gasteiger partial charge in [-0.3, -0.25) is 4.79 Å². The molecule has 1 aromatic rings. The molecule has 0 radical (unpaired) electrons. The molecular weight excluding hydrogens is 341 g/mol. The lowest BCUT2D eigenvalue weighted by Crippen LogP contribution is -2.39. The Bertz CT molecular complexity index is 633. The maximum atomic E-state index is 12.9. The van der Waals surface area contributed by atoms with E-state index in [2.05, 4.69) is 5.32 Å². The molecule has 3 aliphatic rings. The van der Waals surface area contributed by atoms with Crippen LogP contribution in [0.15, 0.2) is 24.3 Å². The minimum Gasteiger partial charge on any atom is -0.341 e. The summed E-state index contributed by atoms with van der Waals surface area (Å²) in [6.07, 6.45) is -3.07. The van der Waals surface area contributed by atoms with E-state index in [-0.39, 0.29) is 18.3 Å². The van der Waals surface area contributed by atoms with E-state index >= 15 is 0 Å². The summed E-state index contributed by atoms with van der Waals surface area (Å²) in [6.45, 7) is 3.34. The van der Waals surface area contributed by atoms with Crippen molar-refractivity contribution in [1.29, 1.82) is 0 Å². The number of hydrogen-bond acceptors (Lipinski definition) is 2. The molecule has 0 spiro atoms. The summed E-state index contributed by atoms with van der Waals surface area (Å²) in [5.74, 6) is 1.01. The number of amides is 1. The van der Waals surface area contributed by atoms with Gasteiger partial charge < -0.3 is 10.2 Å². The van der Waals surface area contributed by atoms with Crippen LogP contribution in [-0.4, -0.2) is 37.0 Å². The molecule has 1 saturated carbocycles. The monoisotopic (exact) mass is 360 g/mol. The summed E-state index contributed by atoms with van der Waals surface area (Å²) < 4.78 is 38.8. The van der Waals surface area contributed by atoms with Crippen LogP contribution >= 0.6 is 12.4 Å². The summed E-state index contributed by atoms with van der Waals surface area (Å²) in [6, 6.07) is 5.30. The Morgan fingerprint density at radius 1 is 1.17 bits per heavy atom. The SMILES string of the molecule is Cl.O=C(N1C[C@H]2CNC[C@H]2C1)C1(c2cccc(C(F)(F)F)c2)CC1. The molecule has 2 saturated heterocycles. The lowest BCUT2D eigenvalue weighted by molar-refractivity contribution is -0.138. The van der Waals surface area contributed by atoms with Gasteiger partial charge in [-0.15, -0.1) is 12.4 Å². The third-order valence-electron chi connectivity index (χ3n) is 5.58. The summed E-state index contributed by atoms with van der Waals surface area (Å²) in [7, 11) is 0. The second kappa shape index (κ2) is 5.92. The number of nitrogens with zero attached hydrogens (tertiary/aromatic N) is 1. The van der Waals surface area contributed by atoms with Crippen molar-refractivity contribution in [1.82, 2.24) is 10.2 Å².